The van der Waals surface area contributed by atoms with Crippen LogP contribution in [0, 0.1) is 18.6 Å². The minimum Gasteiger partial charge on any atom is -0.379 e. The molecule has 0 radical (unpaired) electrons. The molecular formula is C22H21F2N3O4S2. The summed E-state index contributed by atoms with van der Waals surface area (Å²) in [6, 6.07) is 9.84. The van der Waals surface area contributed by atoms with E-state index in [0.29, 0.717) is 42.2 Å². The smallest absolute Gasteiger partial charge is 0.243 e. The van der Waals surface area contributed by atoms with E-state index in [2.05, 4.69) is 10.3 Å². The highest BCUT2D eigenvalue weighted by molar-refractivity contribution is 7.99. The third-order valence-corrected chi connectivity index (χ3v) is 7.96. The van der Waals surface area contributed by atoms with Gasteiger partial charge in [0.15, 0.2) is 0 Å². The number of aromatic nitrogens is 1. The lowest BCUT2D eigenvalue weighted by Gasteiger charge is -2.26. The molecule has 1 amide bonds. The second-order valence-corrected chi connectivity index (χ2v) is 10.3. The molecule has 0 saturated carbocycles. The largest absolute Gasteiger partial charge is 0.379 e. The van der Waals surface area contributed by atoms with Gasteiger partial charge in [-0.2, -0.15) is 4.31 Å². The lowest BCUT2D eigenvalue weighted by molar-refractivity contribution is -0.113. The van der Waals surface area contributed by atoms with E-state index in [1.807, 2.05) is 6.92 Å². The van der Waals surface area contributed by atoms with Gasteiger partial charge in [-0.05, 0) is 48.9 Å². The molecule has 0 unspecified atom stereocenters. The van der Waals surface area contributed by atoms with E-state index in [1.54, 1.807) is 18.2 Å². The standard InChI is InChI=1S/C22H21F2N3O4S2/c1-14-11-21(32-13-20(28)26-22-17(23)3-2-4-18(22)24)25-19-6-5-15(12-16(14)19)33(29,30)27-7-9-31-10-8-27/h2-6,11-12H,7-10,13H2,1H3,(H,26,28). The number of carbonyl (C=O) groups excluding carboxylic acids is 1. The van der Waals surface area contributed by atoms with Gasteiger partial charge in [0, 0.05) is 18.5 Å². The Morgan fingerprint density at radius 1 is 1.15 bits per heavy atom. The second-order valence-electron chi connectivity index (χ2n) is 7.41. The number of pyridine rings is 1. The highest BCUT2D eigenvalue weighted by Crippen LogP contribution is 2.28. The Kier molecular flexibility index (Phi) is 6.94. The van der Waals surface area contributed by atoms with Gasteiger partial charge in [0.25, 0.3) is 0 Å². The van der Waals surface area contributed by atoms with Gasteiger partial charge in [-0.1, -0.05) is 17.8 Å². The van der Waals surface area contributed by atoms with Crippen LogP contribution in [0.4, 0.5) is 14.5 Å². The van der Waals surface area contributed by atoms with Crippen LogP contribution in [0.15, 0.2) is 52.4 Å². The maximum Gasteiger partial charge on any atom is 0.243 e. The Hall–Kier alpha value is -2.60. The van der Waals surface area contributed by atoms with Gasteiger partial charge in [-0.3, -0.25) is 4.79 Å². The van der Waals surface area contributed by atoms with Gasteiger partial charge in [-0.25, -0.2) is 22.2 Å². The molecule has 3 aromatic rings. The Morgan fingerprint density at radius 2 is 1.85 bits per heavy atom. The number of carbonyl (C=O) groups is 1. The molecule has 7 nitrogen and oxygen atoms in total. The van der Waals surface area contributed by atoms with Gasteiger partial charge in [0.05, 0.1) is 34.4 Å². The maximum atomic E-state index is 13.7. The van der Waals surface area contributed by atoms with Crippen LogP contribution in [-0.2, 0) is 19.6 Å². The summed E-state index contributed by atoms with van der Waals surface area (Å²) in [5.41, 5.74) is 0.890. The topological polar surface area (TPSA) is 88.6 Å². The van der Waals surface area contributed by atoms with Crippen LogP contribution < -0.4 is 5.32 Å². The number of amides is 1. The molecule has 4 rings (SSSR count). The maximum absolute atomic E-state index is 13.7. The summed E-state index contributed by atoms with van der Waals surface area (Å²) >= 11 is 1.11. The van der Waals surface area contributed by atoms with Gasteiger partial charge in [-0.15, -0.1) is 0 Å². The van der Waals surface area contributed by atoms with E-state index in [4.69, 9.17) is 4.74 Å². The Morgan fingerprint density at radius 3 is 2.55 bits per heavy atom. The number of aryl methyl sites for hydroxylation is 1. The molecule has 1 fully saturated rings. The molecule has 1 aromatic heterocycles. The van der Waals surface area contributed by atoms with Crippen LogP contribution in [0.1, 0.15) is 5.56 Å². The van der Waals surface area contributed by atoms with Gasteiger partial charge < -0.3 is 10.1 Å². The van der Waals surface area contributed by atoms with Crippen LogP contribution in [0.3, 0.4) is 0 Å². The van der Waals surface area contributed by atoms with Crippen molar-refractivity contribution in [2.45, 2.75) is 16.8 Å². The highest BCUT2D eigenvalue weighted by Gasteiger charge is 2.26. The highest BCUT2D eigenvalue weighted by atomic mass is 32.2. The number of nitrogens with one attached hydrogen (secondary N) is 1. The van der Waals surface area contributed by atoms with Crippen molar-refractivity contribution in [3.63, 3.8) is 0 Å². The SMILES string of the molecule is Cc1cc(SCC(=O)Nc2c(F)cccc2F)nc2ccc(S(=O)(=O)N3CCOCC3)cc12. The normalized spacial score (nSPS) is 15.0. The fraction of sp³-hybridized carbons (Fsp3) is 0.273. The molecule has 174 valence electrons. The Bertz CT molecular complexity index is 1290. The zero-order chi connectivity index (χ0) is 23.6. The predicted molar refractivity (Wildman–Crippen MR) is 122 cm³/mol. The number of ether oxygens (including phenoxy) is 1. The van der Waals surface area contributed by atoms with Crippen molar-refractivity contribution in [3.05, 3.63) is 59.7 Å². The number of thioether (sulfide) groups is 1. The molecule has 11 heteroatoms. The van der Waals surface area contributed by atoms with Crippen molar-refractivity contribution >= 4 is 44.3 Å². The summed E-state index contributed by atoms with van der Waals surface area (Å²) in [5, 5.41) is 3.46. The van der Waals surface area contributed by atoms with Crippen LogP contribution in [-0.4, -0.2) is 55.7 Å². The zero-order valence-corrected chi connectivity index (χ0v) is 19.3. The van der Waals surface area contributed by atoms with E-state index < -0.39 is 33.3 Å². The summed E-state index contributed by atoms with van der Waals surface area (Å²) in [4.78, 5) is 16.9. The Balaban J connectivity index is 1.50. The lowest BCUT2D eigenvalue weighted by atomic mass is 10.1. The van der Waals surface area contributed by atoms with E-state index in [0.717, 1.165) is 29.5 Å². The fourth-order valence-corrected chi connectivity index (χ4v) is 5.65. The van der Waals surface area contributed by atoms with Crippen molar-refractivity contribution < 1.29 is 26.7 Å². The van der Waals surface area contributed by atoms with Gasteiger partial charge in [0.1, 0.15) is 17.3 Å². The van der Waals surface area contributed by atoms with Gasteiger partial charge in [0.2, 0.25) is 15.9 Å². The van der Waals surface area contributed by atoms with Crippen molar-refractivity contribution in [2.75, 3.05) is 37.4 Å². The number of hydrogen-bond donors (Lipinski definition) is 1. The molecule has 0 aliphatic carbocycles. The summed E-state index contributed by atoms with van der Waals surface area (Å²) in [6.45, 7) is 3.18. The minimum atomic E-state index is -3.63. The summed E-state index contributed by atoms with van der Waals surface area (Å²) in [5.74, 6) is -2.38. The number of hydrogen-bond acceptors (Lipinski definition) is 6. The second kappa shape index (κ2) is 9.72. The summed E-state index contributed by atoms with van der Waals surface area (Å²) < 4.78 is 59.9. The number of fused-ring (bicyclic) bond motifs is 1. The average Bonchev–Trinajstić information content (AvgIpc) is 2.80. The van der Waals surface area contributed by atoms with Crippen LogP contribution in [0.25, 0.3) is 10.9 Å². The molecular weight excluding hydrogens is 472 g/mol. The number of anilines is 1. The number of para-hydroxylation sites is 1. The van der Waals surface area contributed by atoms with Gasteiger partial charge >= 0.3 is 0 Å². The predicted octanol–water partition coefficient (Wildman–Crippen LogP) is 3.57. The first-order valence-corrected chi connectivity index (χ1v) is 12.5. The van der Waals surface area contributed by atoms with Crippen molar-refractivity contribution in [1.82, 2.24) is 9.29 Å². The molecule has 1 N–H and O–H groups in total. The quantitative estimate of drug-likeness (QED) is 0.528. The van der Waals surface area contributed by atoms with Crippen LogP contribution >= 0.6 is 11.8 Å². The molecule has 2 heterocycles. The first kappa shape index (κ1) is 23.6. The lowest BCUT2D eigenvalue weighted by Crippen LogP contribution is -2.40. The molecule has 0 spiro atoms. The molecule has 2 aromatic carbocycles. The first-order valence-electron chi connectivity index (χ1n) is 10.1. The monoisotopic (exact) mass is 493 g/mol. The Labute approximate surface area is 194 Å². The summed E-state index contributed by atoms with van der Waals surface area (Å²) in [7, 11) is -3.63. The molecule has 1 aliphatic rings. The third kappa shape index (κ3) is 5.16. The fourth-order valence-electron chi connectivity index (χ4n) is 3.45. The molecule has 1 saturated heterocycles. The first-order chi connectivity index (χ1) is 15.8. The number of nitrogens with zero attached hydrogens (tertiary/aromatic N) is 2. The molecule has 0 atom stereocenters. The molecule has 1 aliphatic heterocycles. The van der Waals surface area contributed by atoms with E-state index >= 15 is 0 Å². The molecule has 33 heavy (non-hydrogen) atoms. The number of rotatable bonds is 6. The number of sulfonamides is 1. The van der Waals surface area contributed by atoms with Crippen LogP contribution in [0.5, 0.6) is 0 Å². The third-order valence-electron chi connectivity index (χ3n) is 5.15. The van der Waals surface area contributed by atoms with E-state index in [1.165, 1.54) is 16.4 Å². The minimum absolute atomic E-state index is 0.102. The van der Waals surface area contributed by atoms with E-state index in [9.17, 15) is 22.0 Å². The number of benzene rings is 2. The van der Waals surface area contributed by atoms with E-state index in [-0.39, 0.29) is 10.6 Å². The average molecular weight is 494 g/mol. The van der Waals surface area contributed by atoms with Crippen molar-refractivity contribution in [1.29, 1.82) is 0 Å². The molecule has 0 bridgehead atoms. The number of morpholine rings is 1. The summed E-state index contributed by atoms with van der Waals surface area (Å²) in [6.07, 6.45) is 0. The van der Waals surface area contributed by atoms with Crippen LogP contribution in [0.2, 0.25) is 0 Å². The van der Waals surface area contributed by atoms with Crippen molar-refractivity contribution in [3.8, 4) is 0 Å². The number of halogens is 2. The van der Waals surface area contributed by atoms with Crippen molar-refractivity contribution in [2.24, 2.45) is 0 Å². The zero-order valence-electron chi connectivity index (χ0n) is 17.7.